The Kier molecular flexibility index (Phi) is 5.16. The molecule has 0 fully saturated rings. The second-order valence-electron chi connectivity index (χ2n) is 7.64. The van der Waals surface area contributed by atoms with Crippen LogP contribution in [0, 0.1) is 0 Å². The second kappa shape index (κ2) is 8.27. The summed E-state index contributed by atoms with van der Waals surface area (Å²) in [6.07, 6.45) is 2.33. The predicted octanol–water partition coefficient (Wildman–Crippen LogP) is 3.47. The zero-order valence-electron chi connectivity index (χ0n) is 17.4. The highest BCUT2D eigenvalue weighted by molar-refractivity contribution is 5.87. The molecular weight excluding hydrogens is 410 g/mol. The van der Waals surface area contributed by atoms with Crippen LogP contribution in [0.25, 0.3) is 11.4 Å². The molecule has 9 nitrogen and oxygen atoms in total. The molecule has 5 rings (SSSR count). The Morgan fingerprint density at radius 2 is 2.00 bits per heavy atom. The summed E-state index contributed by atoms with van der Waals surface area (Å²) in [6.45, 7) is 1.24. The fourth-order valence-electron chi connectivity index (χ4n) is 3.91. The number of carboxylic acid groups (broad SMARTS) is 1. The van der Waals surface area contributed by atoms with Gasteiger partial charge >= 0.3 is 5.97 Å². The number of nitrogens with zero attached hydrogens (tertiary/aromatic N) is 4. The largest absolute Gasteiger partial charge is 0.497 e. The Balaban J connectivity index is 1.42. The van der Waals surface area contributed by atoms with Crippen molar-refractivity contribution in [2.24, 2.45) is 0 Å². The van der Waals surface area contributed by atoms with E-state index in [0.717, 1.165) is 28.3 Å². The van der Waals surface area contributed by atoms with Crippen LogP contribution in [-0.4, -0.2) is 43.2 Å². The standard InChI is InChI=1S/C23H21N5O4/c1-31-17-8-6-15(7-9-17)21-26-22(32-27-21)20-10-18-19(25-13-24-18)12-28(20)11-14-2-4-16(5-3-14)23(29)30/h2-9,13,20H,10-12H2,1H3,(H,24,25)(H,29,30). The quantitative estimate of drug-likeness (QED) is 0.477. The van der Waals surface area contributed by atoms with Crippen LogP contribution in [0.3, 0.4) is 0 Å². The highest BCUT2D eigenvalue weighted by Gasteiger charge is 2.33. The topological polar surface area (TPSA) is 117 Å². The first-order chi connectivity index (χ1) is 15.6. The minimum atomic E-state index is -0.938. The van der Waals surface area contributed by atoms with E-state index in [-0.39, 0.29) is 11.6 Å². The van der Waals surface area contributed by atoms with Crippen molar-refractivity contribution in [2.45, 2.75) is 25.6 Å². The number of fused-ring (bicyclic) bond motifs is 1. The highest BCUT2D eigenvalue weighted by atomic mass is 16.5. The van der Waals surface area contributed by atoms with Crippen molar-refractivity contribution < 1.29 is 19.2 Å². The Bertz CT molecular complexity index is 1230. The van der Waals surface area contributed by atoms with Gasteiger partial charge < -0.3 is 19.4 Å². The van der Waals surface area contributed by atoms with Gasteiger partial charge in [-0.15, -0.1) is 0 Å². The van der Waals surface area contributed by atoms with Crippen LogP contribution < -0.4 is 4.74 Å². The minimum Gasteiger partial charge on any atom is -0.497 e. The lowest BCUT2D eigenvalue weighted by Crippen LogP contribution is -2.34. The summed E-state index contributed by atoms with van der Waals surface area (Å²) >= 11 is 0. The minimum absolute atomic E-state index is 0.149. The molecular formula is C23H21N5O4. The Morgan fingerprint density at radius 3 is 2.72 bits per heavy atom. The van der Waals surface area contributed by atoms with Crippen molar-refractivity contribution in [3.05, 3.63) is 83.3 Å². The smallest absolute Gasteiger partial charge is 0.335 e. The van der Waals surface area contributed by atoms with Gasteiger partial charge in [0, 0.05) is 25.1 Å². The molecule has 0 amide bonds. The number of aromatic nitrogens is 4. The van der Waals surface area contributed by atoms with E-state index in [1.807, 2.05) is 36.4 Å². The molecule has 32 heavy (non-hydrogen) atoms. The van der Waals surface area contributed by atoms with Crippen molar-refractivity contribution in [2.75, 3.05) is 7.11 Å². The van der Waals surface area contributed by atoms with Crippen LogP contribution in [0.4, 0.5) is 0 Å². The Hall–Kier alpha value is -3.98. The average molecular weight is 431 g/mol. The van der Waals surface area contributed by atoms with Crippen molar-refractivity contribution in [1.82, 2.24) is 25.0 Å². The molecule has 162 valence electrons. The summed E-state index contributed by atoms with van der Waals surface area (Å²) in [4.78, 5) is 25.7. The number of carbonyl (C=O) groups is 1. The summed E-state index contributed by atoms with van der Waals surface area (Å²) in [5, 5.41) is 13.3. The lowest BCUT2D eigenvalue weighted by atomic mass is 10.0. The van der Waals surface area contributed by atoms with Crippen LogP contribution in [0.15, 0.2) is 59.4 Å². The SMILES string of the molecule is COc1ccc(-c2noc(C3Cc4nc[nH]c4CN3Cc3ccc(C(=O)O)cc3)n2)cc1. The molecule has 1 unspecified atom stereocenters. The molecule has 0 saturated carbocycles. The third kappa shape index (κ3) is 3.85. The Morgan fingerprint density at radius 1 is 1.22 bits per heavy atom. The zero-order valence-corrected chi connectivity index (χ0v) is 17.4. The van der Waals surface area contributed by atoms with Crippen LogP contribution in [0.5, 0.6) is 5.75 Å². The summed E-state index contributed by atoms with van der Waals surface area (Å²) in [5.74, 6) is 0.857. The second-order valence-corrected chi connectivity index (χ2v) is 7.64. The number of benzene rings is 2. The first kappa shape index (κ1) is 20.0. The van der Waals surface area contributed by atoms with Gasteiger partial charge in [-0.25, -0.2) is 9.78 Å². The van der Waals surface area contributed by atoms with Crippen LogP contribution in [-0.2, 0) is 19.5 Å². The molecule has 0 bridgehead atoms. The normalized spacial score (nSPS) is 16.0. The van der Waals surface area contributed by atoms with E-state index in [2.05, 4.69) is 25.0 Å². The maximum absolute atomic E-state index is 11.1. The number of aromatic carboxylic acids is 1. The fourth-order valence-corrected chi connectivity index (χ4v) is 3.91. The molecule has 0 aliphatic carbocycles. The lowest BCUT2D eigenvalue weighted by molar-refractivity contribution is 0.0697. The number of H-pyrrole nitrogens is 1. The number of rotatable bonds is 6. The van der Waals surface area contributed by atoms with E-state index in [1.54, 1.807) is 25.6 Å². The molecule has 0 spiro atoms. The third-order valence-corrected chi connectivity index (χ3v) is 5.66. The monoisotopic (exact) mass is 431 g/mol. The number of ether oxygens (including phenoxy) is 1. The molecule has 2 aromatic heterocycles. The van der Waals surface area contributed by atoms with Gasteiger partial charge in [0.1, 0.15) is 5.75 Å². The fraction of sp³-hybridized carbons (Fsp3) is 0.217. The van der Waals surface area contributed by atoms with Crippen molar-refractivity contribution in [3.63, 3.8) is 0 Å². The molecule has 2 N–H and O–H groups in total. The summed E-state index contributed by atoms with van der Waals surface area (Å²) in [5.41, 5.74) is 4.14. The van der Waals surface area contributed by atoms with Gasteiger partial charge in [0.25, 0.3) is 0 Å². The van der Waals surface area contributed by atoms with E-state index >= 15 is 0 Å². The van der Waals surface area contributed by atoms with Gasteiger partial charge in [-0.3, -0.25) is 4.90 Å². The lowest BCUT2D eigenvalue weighted by Gasteiger charge is -2.32. The van der Waals surface area contributed by atoms with Gasteiger partial charge in [0.05, 0.1) is 36.4 Å². The van der Waals surface area contributed by atoms with Crippen molar-refractivity contribution >= 4 is 5.97 Å². The molecule has 0 saturated heterocycles. The van der Waals surface area contributed by atoms with Crippen LogP contribution in [0.2, 0.25) is 0 Å². The summed E-state index contributed by atoms with van der Waals surface area (Å²) < 4.78 is 10.9. The molecule has 9 heteroatoms. The molecule has 2 aromatic carbocycles. The van der Waals surface area contributed by atoms with E-state index in [1.165, 1.54) is 0 Å². The third-order valence-electron chi connectivity index (χ3n) is 5.66. The van der Waals surface area contributed by atoms with Crippen molar-refractivity contribution in [3.8, 4) is 17.1 Å². The average Bonchev–Trinajstić information content (AvgIpc) is 3.48. The summed E-state index contributed by atoms with van der Waals surface area (Å²) in [6, 6.07) is 14.2. The van der Waals surface area contributed by atoms with E-state index in [0.29, 0.717) is 31.2 Å². The highest BCUT2D eigenvalue weighted by Crippen LogP contribution is 2.33. The maximum Gasteiger partial charge on any atom is 0.335 e. The van der Waals surface area contributed by atoms with Gasteiger partial charge in [0.15, 0.2) is 0 Å². The number of nitrogens with one attached hydrogen (secondary N) is 1. The van der Waals surface area contributed by atoms with Crippen LogP contribution >= 0.6 is 0 Å². The molecule has 0 radical (unpaired) electrons. The molecule has 1 atom stereocenters. The predicted molar refractivity (Wildman–Crippen MR) is 114 cm³/mol. The van der Waals surface area contributed by atoms with E-state index < -0.39 is 5.97 Å². The van der Waals surface area contributed by atoms with Gasteiger partial charge in [-0.2, -0.15) is 4.98 Å². The number of hydrogen-bond donors (Lipinski definition) is 2. The number of hydrogen-bond acceptors (Lipinski definition) is 7. The van der Waals surface area contributed by atoms with E-state index in [9.17, 15) is 4.79 Å². The van der Waals surface area contributed by atoms with Crippen LogP contribution in [0.1, 0.15) is 39.2 Å². The maximum atomic E-state index is 11.1. The number of carboxylic acids is 1. The summed E-state index contributed by atoms with van der Waals surface area (Å²) in [7, 11) is 1.62. The van der Waals surface area contributed by atoms with Gasteiger partial charge in [0.2, 0.25) is 11.7 Å². The van der Waals surface area contributed by atoms with Crippen molar-refractivity contribution in [1.29, 1.82) is 0 Å². The molecule has 1 aliphatic heterocycles. The number of methoxy groups -OCH3 is 1. The molecule has 3 heterocycles. The van der Waals surface area contributed by atoms with E-state index in [4.69, 9.17) is 14.4 Å². The molecule has 4 aromatic rings. The number of aromatic amines is 1. The Labute approximate surface area is 183 Å². The zero-order chi connectivity index (χ0) is 22.1. The van der Waals surface area contributed by atoms with Gasteiger partial charge in [-0.05, 0) is 42.0 Å². The van der Waals surface area contributed by atoms with Gasteiger partial charge in [-0.1, -0.05) is 17.3 Å². The molecule has 1 aliphatic rings. The first-order valence-electron chi connectivity index (χ1n) is 10.2. The number of imidazole rings is 1. The first-order valence-corrected chi connectivity index (χ1v) is 10.2.